The molecule has 0 fully saturated rings. The molecule has 0 unspecified atom stereocenters. The number of hydrogen-bond acceptors (Lipinski definition) is 5. The van der Waals surface area contributed by atoms with Gasteiger partial charge in [0.15, 0.2) is 0 Å². The summed E-state index contributed by atoms with van der Waals surface area (Å²) in [6.45, 7) is 7.37. The number of aromatic nitrogens is 2. The molecule has 1 aromatic heterocycles. The first kappa shape index (κ1) is 17.3. The number of likely N-dealkylation sites (N-methyl/N-ethyl adjacent to an activating group) is 1. The van der Waals surface area contributed by atoms with E-state index in [0.717, 1.165) is 25.2 Å². The van der Waals surface area contributed by atoms with Crippen molar-refractivity contribution in [2.24, 2.45) is 0 Å². The van der Waals surface area contributed by atoms with Crippen LogP contribution in [0.2, 0.25) is 0 Å². The molecule has 0 atom stereocenters. The number of rotatable bonds is 7. The van der Waals surface area contributed by atoms with E-state index in [1.807, 2.05) is 30.3 Å². The van der Waals surface area contributed by atoms with Crippen molar-refractivity contribution in [1.29, 1.82) is 0 Å². The summed E-state index contributed by atoms with van der Waals surface area (Å²) in [6, 6.07) is 9.22. The van der Waals surface area contributed by atoms with Crippen LogP contribution in [0.15, 0.2) is 35.0 Å². The number of ether oxygens (including phenoxy) is 1. The SMILES string of the molecule is CCN(CC)CCOc1no[n+]([O-])c1-c1ccccc1.Cl. The lowest BCUT2D eigenvalue weighted by Crippen LogP contribution is -2.28. The van der Waals surface area contributed by atoms with E-state index in [2.05, 4.69) is 28.5 Å². The van der Waals surface area contributed by atoms with Crippen molar-refractivity contribution in [2.75, 3.05) is 26.2 Å². The minimum Gasteiger partial charge on any atom is -0.454 e. The summed E-state index contributed by atoms with van der Waals surface area (Å²) >= 11 is 0. The van der Waals surface area contributed by atoms with Gasteiger partial charge in [-0.2, -0.15) is 0 Å². The van der Waals surface area contributed by atoms with E-state index < -0.39 is 0 Å². The molecule has 0 bridgehead atoms. The van der Waals surface area contributed by atoms with Gasteiger partial charge in [-0.05, 0) is 18.0 Å². The van der Waals surface area contributed by atoms with Gasteiger partial charge in [0.1, 0.15) is 6.61 Å². The average molecular weight is 314 g/mol. The first-order chi connectivity index (χ1) is 9.76. The van der Waals surface area contributed by atoms with Crippen LogP contribution in [0.4, 0.5) is 0 Å². The molecule has 0 aliphatic heterocycles. The van der Waals surface area contributed by atoms with Crippen molar-refractivity contribution in [1.82, 2.24) is 10.1 Å². The van der Waals surface area contributed by atoms with Gasteiger partial charge in [-0.15, -0.1) is 12.4 Å². The van der Waals surface area contributed by atoms with Crippen molar-refractivity contribution in [2.45, 2.75) is 13.8 Å². The standard InChI is InChI=1S/C14H19N3O3.ClH/c1-3-16(4-2)10-11-19-14-13(17(18)20-15-14)12-8-6-5-7-9-12;/h5-9H,3-4,10-11H2,1-2H3;1H. The highest BCUT2D eigenvalue weighted by Gasteiger charge is 2.22. The molecule has 2 rings (SSSR count). The Hall–Kier alpha value is -1.79. The van der Waals surface area contributed by atoms with Crippen LogP contribution >= 0.6 is 12.4 Å². The Morgan fingerprint density at radius 1 is 1.24 bits per heavy atom. The van der Waals surface area contributed by atoms with E-state index in [1.54, 1.807) is 0 Å². The molecule has 7 heteroatoms. The largest absolute Gasteiger partial charge is 0.454 e. The monoisotopic (exact) mass is 313 g/mol. The topological polar surface area (TPSA) is 65.4 Å². The predicted molar refractivity (Wildman–Crippen MR) is 81.4 cm³/mol. The smallest absolute Gasteiger partial charge is 0.402 e. The summed E-state index contributed by atoms with van der Waals surface area (Å²) in [5, 5.41) is 15.3. The summed E-state index contributed by atoms with van der Waals surface area (Å²) < 4.78 is 10.2. The Balaban J connectivity index is 0.00000220. The number of hydrogen-bond donors (Lipinski definition) is 0. The van der Waals surface area contributed by atoms with Gasteiger partial charge in [0, 0.05) is 12.1 Å². The Morgan fingerprint density at radius 2 is 1.90 bits per heavy atom. The zero-order chi connectivity index (χ0) is 14.4. The van der Waals surface area contributed by atoms with E-state index >= 15 is 0 Å². The number of benzene rings is 1. The van der Waals surface area contributed by atoms with Crippen molar-refractivity contribution < 1.29 is 14.3 Å². The number of nitrogens with zero attached hydrogens (tertiary/aromatic N) is 3. The van der Waals surface area contributed by atoms with Crippen molar-refractivity contribution in [3.63, 3.8) is 0 Å². The third-order valence-corrected chi connectivity index (χ3v) is 3.17. The lowest BCUT2D eigenvalue weighted by Gasteiger charge is -2.16. The highest BCUT2D eigenvalue weighted by atomic mass is 35.5. The van der Waals surface area contributed by atoms with Crippen LogP contribution < -0.4 is 9.64 Å². The summed E-state index contributed by atoms with van der Waals surface area (Å²) in [5.41, 5.74) is 1.03. The van der Waals surface area contributed by atoms with E-state index in [1.165, 1.54) is 0 Å². The molecule has 0 aliphatic carbocycles. The second kappa shape index (κ2) is 8.49. The maximum Gasteiger partial charge on any atom is 0.402 e. The fraction of sp³-hybridized carbons (Fsp3) is 0.429. The molecule has 0 N–H and O–H groups in total. The molecule has 0 aliphatic rings. The Labute approximate surface area is 130 Å². The molecule has 0 saturated heterocycles. The molecule has 1 aromatic carbocycles. The second-order valence-electron chi connectivity index (χ2n) is 4.33. The minimum atomic E-state index is 0. The zero-order valence-electron chi connectivity index (χ0n) is 12.2. The highest BCUT2D eigenvalue weighted by Crippen LogP contribution is 2.24. The molecule has 6 nitrogen and oxygen atoms in total. The molecule has 0 spiro atoms. The second-order valence-corrected chi connectivity index (χ2v) is 4.33. The van der Waals surface area contributed by atoms with Crippen molar-refractivity contribution in [3.05, 3.63) is 35.5 Å². The predicted octanol–water partition coefficient (Wildman–Crippen LogP) is 2.12. The maximum atomic E-state index is 11.6. The van der Waals surface area contributed by atoms with Crippen molar-refractivity contribution in [3.8, 4) is 17.1 Å². The van der Waals surface area contributed by atoms with Crippen LogP contribution in [0.3, 0.4) is 0 Å². The highest BCUT2D eigenvalue weighted by molar-refractivity contribution is 5.85. The Bertz CT molecular complexity index is 530. The van der Waals surface area contributed by atoms with Crippen LogP contribution in [0.1, 0.15) is 13.8 Å². The summed E-state index contributed by atoms with van der Waals surface area (Å²) in [4.78, 5) is 2.61. The fourth-order valence-electron chi connectivity index (χ4n) is 1.97. The molecule has 21 heavy (non-hydrogen) atoms. The molecule has 0 saturated carbocycles. The van der Waals surface area contributed by atoms with Crippen LogP contribution in [-0.2, 0) is 0 Å². The van der Waals surface area contributed by atoms with Gasteiger partial charge in [-0.3, -0.25) is 4.63 Å². The fourth-order valence-corrected chi connectivity index (χ4v) is 1.97. The summed E-state index contributed by atoms with van der Waals surface area (Å²) in [5.74, 6) is 0.235. The van der Waals surface area contributed by atoms with Gasteiger partial charge in [0.05, 0.1) is 5.16 Å². The van der Waals surface area contributed by atoms with Gasteiger partial charge in [-0.1, -0.05) is 44.2 Å². The van der Waals surface area contributed by atoms with E-state index in [0.29, 0.717) is 17.2 Å². The van der Waals surface area contributed by atoms with E-state index in [9.17, 15) is 5.21 Å². The van der Waals surface area contributed by atoms with E-state index in [4.69, 9.17) is 4.74 Å². The average Bonchev–Trinajstić information content (AvgIpc) is 2.85. The lowest BCUT2D eigenvalue weighted by molar-refractivity contribution is -0.793. The molecule has 116 valence electrons. The first-order valence-electron chi connectivity index (χ1n) is 6.76. The summed E-state index contributed by atoms with van der Waals surface area (Å²) in [7, 11) is 0. The molecule has 0 amide bonds. The van der Waals surface area contributed by atoms with Gasteiger partial charge in [-0.25, -0.2) is 0 Å². The normalized spacial score (nSPS) is 10.4. The third kappa shape index (κ3) is 4.34. The zero-order valence-corrected chi connectivity index (χ0v) is 13.0. The minimum absolute atomic E-state index is 0. The van der Waals surface area contributed by atoms with Crippen molar-refractivity contribution >= 4 is 12.4 Å². The molecular weight excluding hydrogens is 294 g/mol. The number of halogens is 1. The van der Waals surface area contributed by atoms with Crippen LogP contribution in [0.25, 0.3) is 11.3 Å². The van der Waals surface area contributed by atoms with Gasteiger partial charge in [0.25, 0.3) is 5.69 Å². The van der Waals surface area contributed by atoms with Crippen LogP contribution in [-0.4, -0.2) is 36.3 Å². The third-order valence-electron chi connectivity index (χ3n) is 3.17. The quantitative estimate of drug-likeness (QED) is 0.733. The van der Waals surface area contributed by atoms with E-state index in [-0.39, 0.29) is 18.3 Å². The summed E-state index contributed by atoms with van der Waals surface area (Å²) in [6.07, 6.45) is 0. The Morgan fingerprint density at radius 3 is 2.52 bits per heavy atom. The van der Waals surface area contributed by atoms with Gasteiger partial charge >= 0.3 is 5.88 Å². The Kier molecular flexibility index (Phi) is 6.98. The first-order valence-corrected chi connectivity index (χ1v) is 6.76. The van der Waals surface area contributed by atoms with Gasteiger partial charge < -0.3 is 14.8 Å². The van der Waals surface area contributed by atoms with Crippen LogP contribution in [0, 0.1) is 5.21 Å². The van der Waals surface area contributed by atoms with Crippen LogP contribution in [0.5, 0.6) is 5.88 Å². The van der Waals surface area contributed by atoms with Gasteiger partial charge in [0.2, 0.25) is 0 Å². The molecule has 0 radical (unpaired) electrons. The molecule has 2 aromatic rings. The maximum absolute atomic E-state index is 11.6. The lowest BCUT2D eigenvalue weighted by atomic mass is 10.2. The molecule has 1 heterocycles. The molecular formula is C14H20ClN3O3.